The summed E-state index contributed by atoms with van der Waals surface area (Å²) in [7, 11) is 0. The third kappa shape index (κ3) is 3.93. The van der Waals surface area contributed by atoms with Crippen molar-refractivity contribution in [3.8, 4) is 11.8 Å². The SMILES string of the molecule is N#CCCCOc1ccc([N+](=O)[O-])cc1CCl. The van der Waals surface area contributed by atoms with Gasteiger partial charge in [0.15, 0.2) is 0 Å². The average molecular weight is 255 g/mol. The molecule has 0 aromatic heterocycles. The summed E-state index contributed by atoms with van der Waals surface area (Å²) in [4.78, 5) is 10.1. The number of ether oxygens (including phenoxy) is 1. The largest absolute Gasteiger partial charge is 0.493 e. The highest BCUT2D eigenvalue weighted by molar-refractivity contribution is 6.17. The Hall–Kier alpha value is -1.80. The van der Waals surface area contributed by atoms with E-state index in [1.807, 2.05) is 6.07 Å². The number of alkyl halides is 1. The maximum absolute atomic E-state index is 10.6. The standard InChI is InChI=1S/C11H11ClN2O3/c12-8-9-7-10(14(15)16)3-4-11(9)17-6-2-1-5-13/h3-4,7H,1-2,6,8H2. The molecule has 0 aliphatic rings. The molecule has 0 unspecified atom stereocenters. The zero-order valence-electron chi connectivity index (χ0n) is 9.06. The smallest absolute Gasteiger partial charge is 0.270 e. The highest BCUT2D eigenvalue weighted by Gasteiger charge is 2.10. The van der Waals surface area contributed by atoms with Crippen LogP contribution in [0, 0.1) is 21.4 Å². The first-order chi connectivity index (χ1) is 8.19. The van der Waals surface area contributed by atoms with Gasteiger partial charge in [0.1, 0.15) is 5.75 Å². The lowest BCUT2D eigenvalue weighted by Crippen LogP contribution is -2.00. The van der Waals surface area contributed by atoms with E-state index in [2.05, 4.69) is 0 Å². The van der Waals surface area contributed by atoms with Gasteiger partial charge in [-0.15, -0.1) is 11.6 Å². The number of rotatable bonds is 6. The Morgan fingerprint density at radius 1 is 1.53 bits per heavy atom. The Kier molecular flexibility index (Phi) is 5.24. The van der Waals surface area contributed by atoms with E-state index < -0.39 is 4.92 Å². The number of hydrogen-bond acceptors (Lipinski definition) is 4. The van der Waals surface area contributed by atoms with Gasteiger partial charge in [0.25, 0.3) is 5.69 Å². The summed E-state index contributed by atoms with van der Waals surface area (Å²) >= 11 is 5.69. The van der Waals surface area contributed by atoms with Crippen molar-refractivity contribution >= 4 is 17.3 Å². The first kappa shape index (κ1) is 13.3. The van der Waals surface area contributed by atoms with Crippen molar-refractivity contribution in [1.82, 2.24) is 0 Å². The minimum absolute atomic E-state index is 0.00924. The van der Waals surface area contributed by atoms with Crippen LogP contribution in [0.5, 0.6) is 5.75 Å². The Labute approximate surface area is 104 Å². The normalized spacial score (nSPS) is 9.65. The van der Waals surface area contributed by atoms with Gasteiger partial charge in [0.2, 0.25) is 0 Å². The summed E-state index contributed by atoms with van der Waals surface area (Å²) < 4.78 is 5.41. The maximum Gasteiger partial charge on any atom is 0.270 e. The van der Waals surface area contributed by atoms with Gasteiger partial charge in [0, 0.05) is 24.1 Å². The van der Waals surface area contributed by atoms with Crippen LogP contribution in [0.15, 0.2) is 18.2 Å². The maximum atomic E-state index is 10.6. The number of benzene rings is 1. The summed E-state index contributed by atoms with van der Waals surface area (Å²) in [6, 6.07) is 6.31. The Bertz CT molecular complexity index is 443. The van der Waals surface area contributed by atoms with Gasteiger partial charge in [-0.25, -0.2) is 0 Å². The van der Waals surface area contributed by atoms with E-state index in [1.165, 1.54) is 18.2 Å². The van der Waals surface area contributed by atoms with E-state index in [-0.39, 0.29) is 11.6 Å². The summed E-state index contributed by atoms with van der Waals surface area (Å²) in [6.45, 7) is 0.398. The van der Waals surface area contributed by atoms with Crippen LogP contribution in [0.2, 0.25) is 0 Å². The van der Waals surface area contributed by atoms with Crippen LogP contribution < -0.4 is 4.74 Å². The highest BCUT2D eigenvalue weighted by Crippen LogP contribution is 2.25. The number of non-ortho nitro benzene ring substituents is 1. The molecule has 0 spiro atoms. The van der Waals surface area contributed by atoms with E-state index in [1.54, 1.807) is 0 Å². The molecule has 0 atom stereocenters. The third-order valence-electron chi connectivity index (χ3n) is 2.09. The minimum Gasteiger partial charge on any atom is -0.493 e. The van der Waals surface area contributed by atoms with E-state index in [4.69, 9.17) is 21.6 Å². The number of nitriles is 1. The van der Waals surface area contributed by atoms with Gasteiger partial charge < -0.3 is 4.74 Å². The fourth-order valence-corrected chi connectivity index (χ4v) is 1.47. The molecule has 90 valence electrons. The molecule has 0 fully saturated rings. The van der Waals surface area contributed by atoms with Crippen molar-refractivity contribution in [2.75, 3.05) is 6.61 Å². The summed E-state index contributed by atoms with van der Waals surface area (Å²) in [5, 5.41) is 18.9. The van der Waals surface area contributed by atoms with E-state index >= 15 is 0 Å². The molecule has 0 radical (unpaired) electrons. The molecule has 0 aliphatic carbocycles. The van der Waals surface area contributed by atoms with Crippen molar-refractivity contribution in [2.24, 2.45) is 0 Å². The zero-order valence-corrected chi connectivity index (χ0v) is 9.81. The number of hydrogen-bond donors (Lipinski definition) is 0. The van der Waals surface area contributed by atoms with Crippen LogP contribution >= 0.6 is 11.6 Å². The van der Waals surface area contributed by atoms with E-state index in [0.717, 1.165) is 0 Å². The second-order valence-corrected chi connectivity index (χ2v) is 3.56. The van der Waals surface area contributed by atoms with Gasteiger partial charge in [-0.2, -0.15) is 5.26 Å². The van der Waals surface area contributed by atoms with Crippen molar-refractivity contribution in [3.05, 3.63) is 33.9 Å². The lowest BCUT2D eigenvalue weighted by molar-refractivity contribution is -0.384. The molecule has 0 amide bonds. The van der Waals surface area contributed by atoms with Crippen molar-refractivity contribution in [3.63, 3.8) is 0 Å². The van der Waals surface area contributed by atoms with Gasteiger partial charge in [-0.05, 0) is 12.5 Å². The van der Waals surface area contributed by atoms with Crippen LogP contribution in [-0.2, 0) is 5.88 Å². The van der Waals surface area contributed by atoms with Crippen LogP contribution in [0.3, 0.4) is 0 Å². The molecule has 0 bridgehead atoms. The van der Waals surface area contributed by atoms with Gasteiger partial charge in [-0.1, -0.05) is 0 Å². The molecule has 0 saturated carbocycles. The molecule has 6 heteroatoms. The summed E-state index contributed by atoms with van der Waals surface area (Å²) in [5.41, 5.74) is 0.572. The molecule has 17 heavy (non-hydrogen) atoms. The third-order valence-corrected chi connectivity index (χ3v) is 2.38. The molecule has 0 saturated heterocycles. The Morgan fingerprint density at radius 3 is 2.88 bits per heavy atom. The lowest BCUT2D eigenvalue weighted by Gasteiger charge is -2.08. The van der Waals surface area contributed by atoms with Crippen molar-refractivity contribution in [2.45, 2.75) is 18.7 Å². The molecule has 0 aliphatic heterocycles. The van der Waals surface area contributed by atoms with Gasteiger partial charge >= 0.3 is 0 Å². The zero-order chi connectivity index (χ0) is 12.7. The fourth-order valence-electron chi connectivity index (χ4n) is 1.26. The predicted octanol–water partition coefficient (Wildman–Crippen LogP) is 3.02. The first-order valence-electron chi connectivity index (χ1n) is 5.02. The van der Waals surface area contributed by atoms with Crippen LogP contribution in [0.4, 0.5) is 5.69 Å². The fraction of sp³-hybridized carbons (Fsp3) is 0.364. The number of unbranched alkanes of at least 4 members (excludes halogenated alkanes) is 1. The molecular formula is C11H11ClN2O3. The number of halogens is 1. The molecule has 1 rings (SSSR count). The van der Waals surface area contributed by atoms with Gasteiger partial charge in [-0.3, -0.25) is 10.1 Å². The molecular weight excluding hydrogens is 244 g/mol. The van der Waals surface area contributed by atoms with Crippen molar-refractivity contribution < 1.29 is 9.66 Å². The Morgan fingerprint density at radius 2 is 2.29 bits per heavy atom. The monoisotopic (exact) mass is 254 g/mol. The first-order valence-corrected chi connectivity index (χ1v) is 5.55. The van der Waals surface area contributed by atoms with Crippen LogP contribution in [0.25, 0.3) is 0 Å². The Balaban J connectivity index is 2.72. The number of nitro groups is 1. The molecule has 1 aromatic carbocycles. The molecule has 1 aromatic rings. The van der Waals surface area contributed by atoms with Crippen LogP contribution in [0.1, 0.15) is 18.4 Å². The predicted molar refractivity (Wildman–Crippen MR) is 63.0 cm³/mol. The quantitative estimate of drug-likeness (QED) is 0.338. The van der Waals surface area contributed by atoms with Gasteiger partial charge in [0.05, 0.1) is 23.5 Å². The van der Waals surface area contributed by atoms with Crippen molar-refractivity contribution in [1.29, 1.82) is 5.26 Å². The van der Waals surface area contributed by atoms with Crippen LogP contribution in [-0.4, -0.2) is 11.5 Å². The topological polar surface area (TPSA) is 76.2 Å². The number of nitrogens with zero attached hydrogens (tertiary/aromatic N) is 2. The summed E-state index contributed by atoms with van der Waals surface area (Å²) in [6.07, 6.45) is 1.04. The lowest BCUT2D eigenvalue weighted by atomic mass is 10.2. The molecule has 0 N–H and O–H groups in total. The number of nitro benzene ring substituents is 1. The van der Waals surface area contributed by atoms with E-state index in [0.29, 0.717) is 30.8 Å². The molecule has 0 heterocycles. The second-order valence-electron chi connectivity index (χ2n) is 3.29. The average Bonchev–Trinajstić information content (AvgIpc) is 2.34. The highest BCUT2D eigenvalue weighted by atomic mass is 35.5. The minimum atomic E-state index is -0.477. The molecule has 5 nitrogen and oxygen atoms in total. The second kappa shape index (κ2) is 6.71. The summed E-state index contributed by atoms with van der Waals surface area (Å²) in [5.74, 6) is 0.679. The van der Waals surface area contributed by atoms with E-state index in [9.17, 15) is 10.1 Å².